The molecule has 1 aliphatic rings. The molecule has 0 unspecified atom stereocenters. The summed E-state index contributed by atoms with van der Waals surface area (Å²) in [7, 11) is 0. The lowest BCUT2D eigenvalue weighted by molar-refractivity contribution is 0.0806. The van der Waals surface area contributed by atoms with Gasteiger partial charge in [-0.2, -0.15) is 0 Å². The second kappa shape index (κ2) is 7.62. The van der Waals surface area contributed by atoms with E-state index in [9.17, 15) is 4.79 Å². The average Bonchev–Trinajstić information content (AvgIpc) is 3.24. The monoisotopic (exact) mass is 346 g/mol. The number of nitrogens with zero attached hydrogens (tertiary/aromatic N) is 4. The van der Waals surface area contributed by atoms with E-state index in [0.717, 1.165) is 38.2 Å². The van der Waals surface area contributed by atoms with E-state index in [-0.39, 0.29) is 11.7 Å². The Morgan fingerprint density at radius 1 is 1.12 bits per heavy atom. The Morgan fingerprint density at radius 3 is 2.73 bits per heavy atom. The van der Waals surface area contributed by atoms with Gasteiger partial charge in [0.25, 0.3) is 0 Å². The number of hydrogen-bond acceptors (Lipinski definition) is 4. The minimum atomic E-state index is 0.0453. The number of rotatable bonds is 5. The first kappa shape index (κ1) is 16.7. The van der Waals surface area contributed by atoms with Gasteiger partial charge in [-0.1, -0.05) is 18.2 Å². The van der Waals surface area contributed by atoms with E-state index in [1.54, 1.807) is 18.7 Å². The molecule has 1 saturated heterocycles. The topological polar surface area (TPSA) is 51.0 Å². The lowest BCUT2D eigenvalue weighted by Crippen LogP contribution is -2.38. The molecule has 26 heavy (non-hydrogen) atoms. The van der Waals surface area contributed by atoms with Crippen LogP contribution in [0.4, 0.5) is 0 Å². The van der Waals surface area contributed by atoms with Gasteiger partial charge in [-0.3, -0.25) is 14.7 Å². The summed E-state index contributed by atoms with van der Waals surface area (Å²) in [5.74, 6) is 0.217. The van der Waals surface area contributed by atoms with Crippen LogP contribution in [-0.2, 0) is 6.54 Å². The highest BCUT2D eigenvalue weighted by atomic mass is 16.1. The standard InChI is InChI=1S/C21H22N4O/c26-21(20-5-1-2-10-23-20)18-4-3-12-24(15-18)14-17-6-8-19(9-7-17)25-13-11-22-16-25/h1-2,5-11,13,16,18H,3-4,12,14-15H2/t18-/m0/s1. The predicted molar refractivity (Wildman–Crippen MR) is 100 cm³/mol. The molecule has 0 saturated carbocycles. The zero-order valence-corrected chi connectivity index (χ0v) is 14.7. The summed E-state index contributed by atoms with van der Waals surface area (Å²) in [4.78, 5) is 23.4. The Kier molecular flexibility index (Phi) is 4.88. The number of ketones is 1. The molecule has 1 fully saturated rings. The lowest BCUT2D eigenvalue weighted by Gasteiger charge is -2.31. The van der Waals surface area contributed by atoms with Gasteiger partial charge in [0, 0.05) is 43.3 Å². The zero-order chi connectivity index (χ0) is 17.8. The number of carbonyl (C=O) groups excluding carboxylic acids is 1. The van der Waals surface area contributed by atoms with Crippen molar-refractivity contribution in [2.75, 3.05) is 13.1 Å². The van der Waals surface area contributed by atoms with Crippen molar-refractivity contribution in [1.29, 1.82) is 0 Å². The van der Waals surface area contributed by atoms with E-state index in [1.165, 1.54) is 5.56 Å². The van der Waals surface area contributed by atoms with Crippen LogP contribution in [0.15, 0.2) is 67.4 Å². The number of likely N-dealkylation sites (tertiary alicyclic amines) is 1. The number of piperidine rings is 1. The number of imidazole rings is 1. The van der Waals surface area contributed by atoms with Crippen LogP contribution in [-0.4, -0.2) is 38.3 Å². The van der Waals surface area contributed by atoms with Crippen molar-refractivity contribution in [3.63, 3.8) is 0 Å². The Morgan fingerprint density at radius 2 is 2.00 bits per heavy atom. The van der Waals surface area contributed by atoms with Crippen molar-refractivity contribution in [2.45, 2.75) is 19.4 Å². The summed E-state index contributed by atoms with van der Waals surface area (Å²) in [6.45, 7) is 2.71. The van der Waals surface area contributed by atoms with E-state index in [1.807, 2.05) is 29.0 Å². The molecule has 0 spiro atoms. The van der Waals surface area contributed by atoms with Gasteiger partial charge in [0.1, 0.15) is 5.69 Å². The fourth-order valence-corrected chi connectivity index (χ4v) is 3.57. The van der Waals surface area contributed by atoms with Crippen molar-refractivity contribution in [3.8, 4) is 5.69 Å². The molecule has 3 heterocycles. The van der Waals surface area contributed by atoms with Crippen molar-refractivity contribution < 1.29 is 4.79 Å². The Labute approximate surface area is 153 Å². The summed E-state index contributed by atoms with van der Waals surface area (Å²) in [6.07, 6.45) is 9.21. The first-order valence-corrected chi connectivity index (χ1v) is 9.04. The molecule has 5 heteroatoms. The molecule has 1 aliphatic heterocycles. The molecule has 0 radical (unpaired) electrons. The van der Waals surface area contributed by atoms with E-state index < -0.39 is 0 Å². The molecule has 0 bridgehead atoms. The van der Waals surface area contributed by atoms with Crippen molar-refractivity contribution in [1.82, 2.24) is 19.4 Å². The second-order valence-corrected chi connectivity index (χ2v) is 6.79. The van der Waals surface area contributed by atoms with Crippen molar-refractivity contribution in [2.24, 2.45) is 5.92 Å². The summed E-state index contributed by atoms with van der Waals surface area (Å²) in [5.41, 5.74) is 2.96. The third-order valence-electron chi connectivity index (χ3n) is 4.94. The second-order valence-electron chi connectivity index (χ2n) is 6.79. The smallest absolute Gasteiger partial charge is 0.185 e. The Balaban J connectivity index is 1.40. The van der Waals surface area contributed by atoms with Crippen LogP contribution in [0.5, 0.6) is 0 Å². The van der Waals surface area contributed by atoms with E-state index in [4.69, 9.17) is 0 Å². The van der Waals surface area contributed by atoms with Crippen LogP contribution in [0.1, 0.15) is 28.9 Å². The minimum Gasteiger partial charge on any atom is -0.306 e. The fourth-order valence-electron chi connectivity index (χ4n) is 3.57. The molecule has 132 valence electrons. The van der Waals surface area contributed by atoms with Gasteiger partial charge >= 0.3 is 0 Å². The maximum atomic E-state index is 12.7. The highest BCUT2D eigenvalue weighted by Crippen LogP contribution is 2.22. The van der Waals surface area contributed by atoms with Crippen LogP contribution >= 0.6 is 0 Å². The first-order chi connectivity index (χ1) is 12.8. The molecular weight excluding hydrogens is 324 g/mol. The van der Waals surface area contributed by atoms with Crippen molar-refractivity contribution >= 4 is 5.78 Å². The SMILES string of the molecule is O=C(c1ccccn1)[C@H]1CCCN(Cc2ccc(-n3ccnc3)cc2)C1. The van der Waals surface area contributed by atoms with Gasteiger partial charge in [0.05, 0.1) is 6.33 Å². The molecule has 2 aromatic heterocycles. The van der Waals surface area contributed by atoms with Crippen LogP contribution < -0.4 is 0 Å². The molecule has 4 rings (SSSR count). The van der Waals surface area contributed by atoms with E-state index in [2.05, 4.69) is 39.1 Å². The van der Waals surface area contributed by atoms with Gasteiger partial charge in [-0.15, -0.1) is 0 Å². The first-order valence-electron chi connectivity index (χ1n) is 9.04. The number of aromatic nitrogens is 3. The summed E-state index contributed by atoms with van der Waals surface area (Å²) in [5, 5.41) is 0. The summed E-state index contributed by atoms with van der Waals surface area (Å²) < 4.78 is 1.99. The van der Waals surface area contributed by atoms with E-state index in [0.29, 0.717) is 5.69 Å². The number of benzene rings is 1. The van der Waals surface area contributed by atoms with E-state index >= 15 is 0 Å². The summed E-state index contributed by atoms with van der Waals surface area (Å²) in [6, 6.07) is 14.1. The van der Waals surface area contributed by atoms with Crippen molar-refractivity contribution in [3.05, 3.63) is 78.6 Å². The third-order valence-corrected chi connectivity index (χ3v) is 4.94. The predicted octanol–water partition coefficient (Wildman–Crippen LogP) is 3.36. The van der Waals surface area contributed by atoms with Gasteiger partial charge in [0.2, 0.25) is 0 Å². The highest BCUT2D eigenvalue weighted by molar-refractivity contribution is 5.96. The normalized spacial score (nSPS) is 17.9. The lowest BCUT2D eigenvalue weighted by atomic mass is 9.91. The number of pyridine rings is 1. The minimum absolute atomic E-state index is 0.0453. The molecule has 0 amide bonds. The maximum Gasteiger partial charge on any atom is 0.185 e. The van der Waals surface area contributed by atoms with Crippen LogP contribution in [0.2, 0.25) is 0 Å². The Bertz CT molecular complexity index is 843. The average molecular weight is 346 g/mol. The van der Waals surface area contributed by atoms with Gasteiger partial charge < -0.3 is 4.57 Å². The molecule has 1 atom stereocenters. The molecular formula is C21H22N4O. The van der Waals surface area contributed by atoms with Gasteiger partial charge in [-0.05, 0) is 49.2 Å². The largest absolute Gasteiger partial charge is 0.306 e. The highest BCUT2D eigenvalue weighted by Gasteiger charge is 2.27. The molecule has 0 N–H and O–H groups in total. The molecule has 1 aromatic carbocycles. The Hall–Kier alpha value is -2.79. The summed E-state index contributed by atoms with van der Waals surface area (Å²) >= 11 is 0. The number of carbonyl (C=O) groups is 1. The third kappa shape index (κ3) is 3.73. The van der Waals surface area contributed by atoms with Gasteiger partial charge in [-0.25, -0.2) is 4.98 Å². The maximum absolute atomic E-state index is 12.7. The van der Waals surface area contributed by atoms with Gasteiger partial charge in [0.15, 0.2) is 5.78 Å². The molecule has 0 aliphatic carbocycles. The van der Waals surface area contributed by atoms with Crippen LogP contribution in [0.25, 0.3) is 5.69 Å². The molecule has 3 aromatic rings. The fraction of sp³-hybridized carbons (Fsp3) is 0.286. The number of Topliss-reactive ketones (excluding diaryl/α,β-unsaturated/α-hetero) is 1. The van der Waals surface area contributed by atoms with Crippen LogP contribution in [0, 0.1) is 5.92 Å². The zero-order valence-electron chi connectivity index (χ0n) is 14.7. The quantitative estimate of drug-likeness (QED) is 0.665. The molecule has 5 nitrogen and oxygen atoms in total. The van der Waals surface area contributed by atoms with Crippen LogP contribution in [0.3, 0.4) is 0 Å². The number of hydrogen-bond donors (Lipinski definition) is 0.